The van der Waals surface area contributed by atoms with Crippen molar-refractivity contribution in [2.75, 3.05) is 32.7 Å². The number of rotatable bonds is 3. The smallest absolute Gasteiger partial charge is 0.339 e. The molecule has 0 saturated carbocycles. The Hall–Kier alpha value is -0.820. The molecule has 0 aliphatic carbocycles. The van der Waals surface area contributed by atoms with Crippen LogP contribution in [0.3, 0.4) is 0 Å². The highest BCUT2D eigenvalue weighted by molar-refractivity contribution is 5.79. The molecule has 2 rings (SSSR count). The van der Waals surface area contributed by atoms with Gasteiger partial charge in [-0.1, -0.05) is 0 Å². The van der Waals surface area contributed by atoms with Crippen LogP contribution < -0.4 is 5.73 Å². The van der Waals surface area contributed by atoms with Crippen LogP contribution in [0.25, 0.3) is 0 Å². The third-order valence-electron chi connectivity index (χ3n) is 4.54. The Kier molecular flexibility index (Phi) is 5.14. The Morgan fingerprint density at radius 1 is 1.33 bits per heavy atom. The number of likely N-dealkylation sites (tertiary alicyclic amines) is 2. The lowest BCUT2D eigenvalue weighted by molar-refractivity contribution is -0.154. The van der Waals surface area contributed by atoms with E-state index >= 15 is 0 Å². The van der Waals surface area contributed by atoms with Crippen LogP contribution in [0, 0.1) is 11.8 Å². The van der Waals surface area contributed by atoms with E-state index in [0.29, 0.717) is 38.4 Å². The first-order valence-electron chi connectivity index (χ1n) is 7.60. The Morgan fingerprint density at radius 3 is 2.62 bits per heavy atom. The predicted molar refractivity (Wildman–Crippen MR) is 73.6 cm³/mol. The fourth-order valence-electron chi connectivity index (χ4n) is 3.51. The average Bonchev–Trinajstić information content (AvgIpc) is 2.77. The fourth-order valence-corrected chi connectivity index (χ4v) is 3.51. The highest BCUT2D eigenvalue weighted by atomic mass is 19.4. The molecule has 0 bridgehead atoms. The van der Waals surface area contributed by atoms with Crippen molar-refractivity contribution in [3.63, 3.8) is 0 Å². The molecular weight excluding hydrogens is 283 g/mol. The van der Waals surface area contributed by atoms with Crippen LogP contribution in [0.2, 0.25) is 0 Å². The van der Waals surface area contributed by atoms with E-state index in [1.54, 1.807) is 0 Å². The first-order chi connectivity index (χ1) is 9.80. The normalized spacial score (nSPS) is 31.7. The van der Waals surface area contributed by atoms with Crippen molar-refractivity contribution in [1.29, 1.82) is 0 Å². The van der Waals surface area contributed by atoms with Crippen molar-refractivity contribution in [3.05, 3.63) is 0 Å². The first-order valence-corrected chi connectivity index (χ1v) is 7.60. The van der Waals surface area contributed by atoms with Crippen LogP contribution in [0.5, 0.6) is 0 Å². The molecule has 2 heterocycles. The maximum atomic E-state index is 12.6. The van der Waals surface area contributed by atoms with E-state index in [0.717, 1.165) is 6.42 Å². The van der Waals surface area contributed by atoms with Crippen molar-refractivity contribution in [1.82, 2.24) is 9.80 Å². The molecule has 0 radical (unpaired) electrons. The second-order valence-electron chi connectivity index (χ2n) is 6.37. The zero-order chi connectivity index (χ0) is 15.6. The lowest BCUT2D eigenvalue weighted by atomic mass is 9.96. The molecule has 7 heteroatoms. The highest BCUT2D eigenvalue weighted by Gasteiger charge is 2.38. The number of piperidine rings is 1. The van der Waals surface area contributed by atoms with Gasteiger partial charge in [0.2, 0.25) is 5.91 Å². The maximum absolute atomic E-state index is 12.6. The number of alkyl halides is 3. The molecule has 2 saturated heterocycles. The van der Waals surface area contributed by atoms with Gasteiger partial charge in [0.05, 0.1) is 12.5 Å². The molecule has 2 fully saturated rings. The van der Waals surface area contributed by atoms with E-state index in [9.17, 15) is 18.0 Å². The SMILES string of the molecule is CC1CC(CN)CN1C(=O)C1CCCN(CC(F)(F)F)C1. The second kappa shape index (κ2) is 6.52. The number of nitrogens with zero attached hydrogens (tertiary/aromatic N) is 2. The van der Waals surface area contributed by atoms with E-state index in [-0.39, 0.29) is 24.4 Å². The van der Waals surface area contributed by atoms with E-state index in [2.05, 4.69) is 0 Å². The minimum Gasteiger partial charge on any atom is -0.339 e. The molecule has 2 N–H and O–H groups in total. The monoisotopic (exact) mass is 307 g/mol. The molecule has 0 aromatic carbocycles. The molecule has 4 nitrogen and oxygen atoms in total. The zero-order valence-electron chi connectivity index (χ0n) is 12.4. The minimum atomic E-state index is -4.20. The molecular formula is C14H24F3N3O. The van der Waals surface area contributed by atoms with Gasteiger partial charge >= 0.3 is 6.18 Å². The van der Waals surface area contributed by atoms with E-state index in [1.807, 2.05) is 11.8 Å². The van der Waals surface area contributed by atoms with E-state index < -0.39 is 12.7 Å². The summed E-state index contributed by atoms with van der Waals surface area (Å²) in [6, 6.07) is 0.143. The standard InChI is InChI=1S/C14H24F3N3O/c1-10-5-11(6-18)7-20(10)13(21)12-3-2-4-19(8-12)9-14(15,16)17/h10-12H,2-9,18H2,1H3. The summed E-state index contributed by atoms with van der Waals surface area (Å²) >= 11 is 0. The van der Waals surface area contributed by atoms with Gasteiger partial charge < -0.3 is 10.6 Å². The molecule has 3 unspecified atom stereocenters. The molecule has 0 aromatic heterocycles. The van der Waals surface area contributed by atoms with Crippen molar-refractivity contribution in [2.45, 2.75) is 38.4 Å². The quantitative estimate of drug-likeness (QED) is 0.859. The summed E-state index contributed by atoms with van der Waals surface area (Å²) in [4.78, 5) is 15.7. The van der Waals surface area contributed by atoms with Gasteiger partial charge in [-0.25, -0.2) is 0 Å². The third-order valence-corrected chi connectivity index (χ3v) is 4.54. The minimum absolute atomic E-state index is 0.00493. The van der Waals surface area contributed by atoms with Gasteiger partial charge in [-0.05, 0) is 45.2 Å². The van der Waals surface area contributed by atoms with E-state index in [4.69, 9.17) is 5.73 Å². The van der Waals surface area contributed by atoms with Gasteiger partial charge in [-0.2, -0.15) is 13.2 Å². The Bertz CT molecular complexity index is 375. The topological polar surface area (TPSA) is 49.6 Å². The number of hydrogen-bond donors (Lipinski definition) is 1. The van der Waals surface area contributed by atoms with Crippen molar-refractivity contribution in [2.24, 2.45) is 17.6 Å². The van der Waals surface area contributed by atoms with Gasteiger partial charge in [-0.3, -0.25) is 9.69 Å². The number of halogens is 3. The molecule has 3 atom stereocenters. The number of nitrogens with two attached hydrogens (primary N) is 1. The summed E-state index contributed by atoms with van der Waals surface area (Å²) in [6.07, 6.45) is -1.98. The fraction of sp³-hybridized carbons (Fsp3) is 0.929. The van der Waals surface area contributed by atoms with E-state index in [1.165, 1.54) is 4.90 Å². The first kappa shape index (κ1) is 16.5. The Balaban J connectivity index is 1.93. The van der Waals surface area contributed by atoms with Crippen molar-refractivity contribution >= 4 is 5.91 Å². The molecule has 21 heavy (non-hydrogen) atoms. The lowest BCUT2D eigenvalue weighted by Crippen LogP contribution is -2.48. The summed E-state index contributed by atoms with van der Waals surface area (Å²) in [5.41, 5.74) is 5.66. The molecule has 2 aliphatic heterocycles. The number of hydrogen-bond acceptors (Lipinski definition) is 3. The van der Waals surface area contributed by atoms with Gasteiger partial charge in [0.25, 0.3) is 0 Å². The van der Waals surface area contributed by atoms with Gasteiger partial charge in [0, 0.05) is 19.1 Å². The van der Waals surface area contributed by atoms with Crippen LogP contribution in [-0.2, 0) is 4.79 Å². The number of amides is 1. The van der Waals surface area contributed by atoms with Crippen LogP contribution in [0.15, 0.2) is 0 Å². The van der Waals surface area contributed by atoms with Gasteiger partial charge in [0.15, 0.2) is 0 Å². The number of carbonyl (C=O) groups excluding carboxylic acids is 1. The van der Waals surface area contributed by atoms with Gasteiger partial charge in [-0.15, -0.1) is 0 Å². The van der Waals surface area contributed by atoms with Crippen LogP contribution in [0.4, 0.5) is 13.2 Å². The highest BCUT2D eigenvalue weighted by Crippen LogP contribution is 2.28. The van der Waals surface area contributed by atoms with Crippen LogP contribution in [0.1, 0.15) is 26.2 Å². The van der Waals surface area contributed by atoms with Crippen molar-refractivity contribution < 1.29 is 18.0 Å². The lowest BCUT2D eigenvalue weighted by Gasteiger charge is -2.35. The number of carbonyl (C=O) groups is 1. The molecule has 1 amide bonds. The Morgan fingerprint density at radius 2 is 2.05 bits per heavy atom. The summed E-state index contributed by atoms with van der Waals surface area (Å²) in [6.45, 7) is 2.91. The molecule has 2 aliphatic rings. The second-order valence-corrected chi connectivity index (χ2v) is 6.37. The van der Waals surface area contributed by atoms with Gasteiger partial charge in [0.1, 0.15) is 0 Å². The summed E-state index contributed by atoms with van der Waals surface area (Å²) in [5.74, 6) is 0.0178. The largest absolute Gasteiger partial charge is 0.401 e. The summed E-state index contributed by atoms with van der Waals surface area (Å²) in [7, 11) is 0. The van der Waals surface area contributed by atoms with Crippen molar-refractivity contribution in [3.8, 4) is 0 Å². The van der Waals surface area contributed by atoms with Crippen LogP contribution in [-0.4, -0.2) is 60.6 Å². The Labute approximate surface area is 123 Å². The maximum Gasteiger partial charge on any atom is 0.401 e. The summed E-state index contributed by atoms with van der Waals surface area (Å²) < 4.78 is 37.4. The predicted octanol–water partition coefficient (Wildman–Crippen LogP) is 1.46. The molecule has 122 valence electrons. The molecule has 0 aromatic rings. The average molecular weight is 307 g/mol. The third kappa shape index (κ3) is 4.32. The van der Waals surface area contributed by atoms with Crippen LogP contribution >= 0.6 is 0 Å². The summed E-state index contributed by atoms with van der Waals surface area (Å²) in [5, 5.41) is 0. The zero-order valence-corrected chi connectivity index (χ0v) is 12.4. The molecule has 0 spiro atoms.